The predicted molar refractivity (Wildman–Crippen MR) is 110 cm³/mol. The van der Waals surface area contributed by atoms with E-state index < -0.39 is 17.7 Å². The molecule has 0 fully saturated rings. The van der Waals surface area contributed by atoms with E-state index in [1.165, 1.54) is 20.3 Å². The monoisotopic (exact) mass is 423 g/mol. The summed E-state index contributed by atoms with van der Waals surface area (Å²) in [6.45, 7) is 3.08. The number of rotatable bonds is 10. The minimum Gasteiger partial charge on any atom is -0.497 e. The van der Waals surface area contributed by atoms with Crippen molar-refractivity contribution in [1.29, 1.82) is 0 Å². The molecule has 0 aromatic heterocycles. The van der Waals surface area contributed by atoms with Crippen LogP contribution in [0.2, 0.25) is 0 Å². The minimum absolute atomic E-state index is 0.0254. The number of halogens is 2. The molecule has 0 aliphatic carbocycles. The Labute approximate surface area is 174 Å². The van der Waals surface area contributed by atoms with Gasteiger partial charge in [-0.25, -0.2) is 8.78 Å². The van der Waals surface area contributed by atoms with Crippen molar-refractivity contribution in [2.45, 2.75) is 13.0 Å². The zero-order valence-corrected chi connectivity index (χ0v) is 17.2. The van der Waals surface area contributed by atoms with Gasteiger partial charge in [0, 0.05) is 18.7 Å². The second-order valence-corrected chi connectivity index (χ2v) is 6.23. The van der Waals surface area contributed by atoms with Gasteiger partial charge in [0.05, 0.1) is 33.4 Å². The minimum atomic E-state index is -0.867. The molecule has 164 valence electrons. The second kappa shape index (κ2) is 11.8. The molecular weight excluding hydrogens is 396 g/mol. The summed E-state index contributed by atoms with van der Waals surface area (Å²) in [6.07, 6.45) is -0.867. The third kappa shape index (κ3) is 7.07. The van der Waals surface area contributed by atoms with Gasteiger partial charge in [-0.3, -0.25) is 4.99 Å². The average Bonchev–Trinajstić information content (AvgIpc) is 2.75. The first-order valence-corrected chi connectivity index (χ1v) is 9.47. The number of nitrogens with one attached hydrogen (secondary N) is 2. The van der Waals surface area contributed by atoms with Crippen LogP contribution in [0.15, 0.2) is 41.4 Å². The van der Waals surface area contributed by atoms with Gasteiger partial charge in [-0.2, -0.15) is 0 Å². The molecule has 30 heavy (non-hydrogen) atoms. The van der Waals surface area contributed by atoms with E-state index in [2.05, 4.69) is 15.6 Å². The molecule has 0 spiro atoms. The van der Waals surface area contributed by atoms with Crippen molar-refractivity contribution in [2.75, 3.05) is 40.5 Å². The van der Waals surface area contributed by atoms with Crippen LogP contribution in [0.3, 0.4) is 0 Å². The van der Waals surface area contributed by atoms with Crippen molar-refractivity contribution in [1.82, 2.24) is 10.6 Å². The fraction of sp³-hybridized carbons (Fsp3) is 0.381. The highest BCUT2D eigenvalue weighted by Crippen LogP contribution is 2.26. The van der Waals surface area contributed by atoms with Crippen molar-refractivity contribution in [3.63, 3.8) is 0 Å². The van der Waals surface area contributed by atoms with Crippen molar-refractivity contribution in [3.05, 3.63) is 53.6 Å². The molecule has 1 atom stereocenters. The zero-order valence-electron chi connectivity index (χ0n) is 17.2. The fourth-order valence-corrected chi connectivity index (χ4v) is 2.57. The number of aliphatic hydroxyl groups is 1. The Morgan fingerprint density at radius 3 is 2.37 bits per heavy atom. The van der Waals surface area contributed by atoms with E-state index in [-0.39, 0.29) is 18.9 Å². The van der Waals surface area contributed by atoms with Crippen molar-refractivity contribution in [2.24, 2.45) is 4.99 Å². The summed E-state index contributed by atoms with van der Waals surface area (Å²) in [7, 11) is 3.08. The van der Waals surface area contributed by atoms with E-state index in [9.17, 15) is 13.9 Å². The van der Waals surface area contributed by atoms with Crippen molar-refractivity contribution >= 4 is 5.96 Å². The summed E-state index contributed by atoms with van der Waals surface area (Å²) in [6, 6.07) is 8.29. The maximum Gasteiger partial charge on any atom is 0.191 e. The van der Waals surface area contributed by atoms with E-state index in [0.29, 0.717) is 36.1 Å². The third-order valence-electron chi connectivity index (χ3n) is 4.07. The lowest BCUT2D eigenvalue weighted by atomic mass is 10.1. The third-order valence-corrected chi connectivity index (χ3v) is 4.07. The maximum atomic E-state index is 13.6. The molecule has 0 saturated carbocycles. The molecule has 0 radical (unpaired) electrons. The highest BCUT2D eigenvalue weighted by Gasteiger charge is 2.11. The molecule has 7 nitrogen and oxygen atoms in total. The predicted octanol–water partition coefficient (Wildman–Crippen LogP) is 2.65. The number of hydrogen-bond acceptors (Lipinski definition) is 5. The van der Waals surface area contributed by atoms with Gasteiger partial charge in [0.2, 0.25) is 0 Å². The SMILES string of the molecule is CCNC(=NCC(O)c1cc(OC)cc(OC)c1)NCCOc1ccc(F)cc1F. The Kier molecular flexibility index (Phi) is 9.14. The topological polar surface area (TPSA) is 84.3 Å². The molecule has 0 bridgehead atoms. The summed E-state index contributed by atoms with van der Waals surface area (Å²) in [5, 5.41) is 16.6. The molecule has 3 N–H and O–H groups in total. The summed E-state index contributed by atoms with van der Waals surface area (Å²) < 4.78 is 42.2. The quantitative estimate of drug-likeness (QED) is 0.310. The molecule has 0 amide bonds. The molecule has 9 heteroatoms. The molecular formula is C21H27F2N3O4. The highest BCUT2D eigenvalue weighted by atomic mass is 19.1. The Morgan fingerprint density at radius 1 is 1.07 bits per heavy atom. The van der Waals surface area contributed by atoms with E-state index in [1.807, 2.05) is 6.92 Å². The van der Waals surface area contributed by atoms with Gasteiger partial charge in [-0.15, -0.1) is 0 Å². The molecule has 0 heterocycles. The van der Waals surface area contributed by atoms with Gasteiger partial charge in [-0.05, 0) is 36.8 Å². The summed E-state index contributed by atoms with van der Waals surface area (Å²) in [4.78, 5) is 4.36. The van der Waals surface area contributed by atoms with Crippen LogP contribution in [-0.2, 0) is 0 Å². The van der Waals surface area contributed by atoms with E-state index >= 15 is 0 Å². The molecule has 2 rings (SSSR count). The van der Waals surface area contributed by atoms with E-state index in [1.54, 1.807) is 18.2 Å². The standard InChI is InChI=1S/C21H27F2N3O4/c1-4-24-21(25-7-8-30-20-6-5-15(22)11-18(20)23)26-13-19(27)14-9-16(28-2)12-17(10-14)29-3/h5-6,9-12,19,27H,4,7-8,13H2,1-3H3,(H2,24,25,26). The average molecular weight is 423 g/mol. The van der Waals surface area contributed by atoms with Gasteiger partial charge >= 0.3 is 0 Å². The molecule has 0 aliphatic rings. The van der Waals surface area contributed by atoms with Crippen LogP contribution in [0.4, 0.5) is 8.78 Å². The first kappa shape index (κ1) is 23.2. The number of nitrogens with zero attached hydrogens (tertiary/aromatic N) is 1. The maximum absolute atomic E-state index is 13.6. The van der Waals surface area contributed by atoms with Gasteiger partial charge < -0.3 is 30.0 Å². The van der Waals surface area contributed by atoms with Gasteiger partial charge in [0.1, 0.15) is 23.9 Å². The van der Waals surface area contributed by atoms with E-state index in [0.717, 1.165) is 12.1 Å². The van der Waals surface area contributed by atoms with Crippen LogP contribution >= 0.6 is 0 Å². The lowest BCUT2D eigenvalue weighted by molar-refractivity contribution is 0.186. The number of methoxy groups -OCH3 is 2. The zero-order chi connectivity index (χ0) is 21.9. The first-order chi connectivity index (χ1) is 14.5. The number of benzene rings is 2. The van der Waals surface area contributed by atoms with Crippen molar-refractivity contribution < 1.29 is 28.1 Å². The van der Waals surface area contributed by atoms with Gasteiger partial charge in [0.15, 0.2) is 17.5 Å². The van der Waals surface area contributed by atoms with Crippen LogP contribution in [0.5, 0.6) is 17.2 Å². The van der Waals surface area contributed by atoms with Crippen LogP contribution < -0.4 is 24.8 Å². The van der Waals surface area contributed by atoms with Gasteiger partial charge in [-0.1, -0.05) is 0 Å². The molecule has 2 aromatic rings. The normalized spacial score (nSPS) is 12.3. The summed E-state index contributed by atoms with van der Waals surface area (Å²) >= 11 is 0. The second-order valence-electron chi connectivity index (χ2n) is 6.23. The summed E-state index contributed by atoms with van der Waals surface area (Å²) in [5.41, 5.74) is 0.612. The van der Waals surface area contributed by atoms with Crippen LogP contribution in [-0.4, -0.2) is 51.5 Å². The highest BCUT2D eigenvalue weighted by molar-refractivity contribution is 5.79. The molecule has 1 unspecified atom stereocenters. The number of aliphatic hydroxyl groups excluding tert-OH is 1. The Bertz CT molecular complexity index is 827. The first-order valence-electron chi connectivity index (χ1n) is 9.47. The lowest BCUT2D eigenvalue weighted by Crippen LogP contribution is -2.39. The number of aliphatic imine (C=N–C) groups is 1. The molecule has 0 aliphatic heterocycles. The van der Waals surface area contributed by atoms with Gasteiger partial charge in [0.25, 0.3) is 0 Å². The summed E-state index contributed by atoms with van der Waals surface area (Å²) in [5.74, 6) is 0.168. The van der Waals surface area contributed by atoms with Crippen LogP contribution in [0.25, 0.3) is 0 Å². The smallest absolute Gasteiger partial charge is 0.191 e. The number of hydrogen-bond donors (Lipinski definition) is 3. The molecule has 2 aromatic carbocycles. The Morgan fingerprint density at radius 2 is 1.77 bits per heavy atom. The Balaban J connectivity index is 1.91. The lowest BCUT2D eigenvalue weighted by Gasteiger charge is -2.15. The molecule has 0 saturated heterocycles. The van der Waals surface area contributed by atoms with Crippen LogP contribution in [0, 0.1) is 11.6 Å². The van der Waals surface area contributed by atoms with E-state index in [4.69, 9.17) is 14.2 Å². The van der Waals surface area contributed by atoms with Crippen LogP contribution in [0.1, 0.15) is 18.6 Å². The largest absolute Gasteiger partial charge is 0.497 e. The number of guanidine groups is 1. The number of ether oxygens (including phenoxy) is 3. The van der Waals surface area contributed by atoms with Crippen molar-refractivity contribution in [3.8, 4) is 17.2 Å². The Hall–Kier alpha value is -3.07. The fourth-order valence-electron chi connectivity index (χ4n) is 2.57.